The molecular weight excluding hydrogens is 196 g/mol. The highest BCUT2D eigenvalue weighted by Gasteiger charge is 2.22. The van der Waals surface area contributed by atoms with Gasteiger partial charge in [0.1, 0.15) is 18.5 Å². The van der Waals surface area contributed by atoms with Gasteiger partial charge in [0, 0.05) is 5.75 Å². The maximum absolute atomic E-state index is 5.53. The highest BCUT2D eigenvalue weighted by atomic mass is 32.2. The minimum Gasteiger partial charge on any atom is -0.491 e. The van der Waals surface area contributed by atoms with Crippen molar-refractivity contribution in [1.82, 2.24) is 0 Å². The molecule has 1 heterocycles. The van der Waals surface area contributed by atoms with Crippen LogP contribution >= 0.6 is 11.8 Å². The molecule has 0 N–H and O–H groups in total. The number of rotatable bonds is 5. The summed E-state index contributed by atoms with van der Waals surface area (Å²) in [5, 5.41) is 0. The van der Waals surface area contributed by atoms with Gasteiger partial charge in [0.2, 0.25) is 0 Å². The molecule has 0 bridgehead atoms. The molecule has 76 valence electrons. The van der Waals surface area contributed by atoms with Crippen LogP contribution in [0.2, 0.25) is 0 Å². The first-order chi connectivity index (χ1) is 6.88. The average Bonchev–Trinajstić information content (AvgIpc) is 3.01. The Morgan fingerprint density at radius 3 is 2.71 bits per heavy atom. The van der Waals surface area contributed by atoms with Crippen LogP contribution in [0, 0.1) is 0 Å². The molecule has 0 spiro atoms. The highest BCUT2D eigenvalue weighted by Crippen LogP contribution is 2.17. The number of hydrogen-bond acceptors (Lipinski definition) is 3. The Bertz CT molecular complexity index is 280. The third-order valence-corrected chi connectivity index (χ3v) is 2.69. The molecule has 1 aliphatic rings. The summed E-state index contributed by atoms with van der Waals surface area (Å²) in [6.45, 7) is 1.53. The van der Waals surface area contributed by atoms with E-state index in [9.17, 15) is 0 Å². The molecule has 0 radical (unpaired) electrons. The van der Waals surface area contributed by atoms with Gasteiger partial charge in [-0.1, -0.05) is 12.1 Å². The van der Waals surface area contributed by atoms with E-state index >= 15 is 0 Å². The predicted octanol–water partition coefficient (Wildman–Crippen LogP) is 2.33. The Labute approximate surface area is 88.6 Å². The maximum Gasteiger partial charge on any atom is 0.119 e. The molecule has 0 aromatic heterocycles. The van der Waals surface area contributed by atoms with Gasteiger partial charge in [-0.2, -0.15) is 11.8 Å². The van der Waals surface area contributed by atoms with Gasteiger partial charge in [-0.25, -0.2) is 0 Å². The summed E-state index contributed by atoms with van der Waals surface area (Å²) in [4.78, 5) is 0. The molecule has 0 saturated carbocycles. The molecule has 1 unspecified atom stereocenters. The van der Waals surface area contributed by atoms with Gasteiger partial charge in [0.25, 0.3) is 0 Å². The SMILES string of the molecule is CSCc1ccc(OCC2CO2)cc1. The van der Waals surface area contributed by atoms with E-state index in [4.69, 9.17) is 9.47 Å². The zero-order valence-corrected chi connectivity index (χ0v) is 9.05. The van der Waals surface area contributed by atoms with Crippen LogP contribution in [-0.4, -0.2) is 25.6 Å². The first-order valence-electron chi connectivity index (χ1n) is 4.71. The molecular formula is C11H14O2S. The van der Waals surface area contributed by atoms with Crippen LogP contribution in [0.3, 0.4) is 0 Å². The quantitative estimate of drug-likeness (QED) is 0.696. The summed E-state index contributed by atoms with van der Waals surface area (Å²) in [5.41, 5.74) is 1.34. The molecule has 14 heavy (non-hydrogen) atoms. The smallest absolute Gasteiger partial charge is 0.119 e. The second-order valence-electron chi connectivity index (χ2n) is 3.34. The van der Waals surface area contributed by atoms with Crippen molar-refractivity contribution in [3.05, 3.63) is 29.8 Å². The standard InChI is InChI=1S/C11H14O2S/c1-14-8-9-2-4-10(5-3-9)12-6-11-7-13-11/h2-5,11H,6-8H2,1H3. The van der Waals surface area contributed by atoms with E-state index in [-0.39, 0.29) is 0 Å². The summed E-state index contributed by atoms with van der Waals surface area (Å²) in [6, 6.07) is 8.26. The minimum absolute atomic E-state index is 0.334. The van der Waals surface area contributed by atoms with Crippen molar-refractivity contribution in [3.63, 3.8) is 0 Å². The lowest BCUT2D eigenvalue weighted by molar-refractivity contribution is 0.263. The molecule has 1 aromatic rings. The zero-order chi connectivity index (χ0) is 9.80. The van der Waals surface area contributed by atoms with Crippen molar-refractivity contribution < 1.29 is 9.47 Å². The van der Waals surface area contributed by atoms with Crippen molar-refractivity contribution in [2.24, 2.45) is 0 Å². The molecule has 1 aliphatic heterocycles. The van der Waals surface area contributed by atoms with Crippen LogP contribution < -0.4 is 4.74 Å². The lowest BCUT2D eigenvalue weighted by atomic mass is 10.2. The van der Waals surface area contributed by atoms with Crippen LogP contribution in [0.5, 0.6) is 5.75 Å². The summed E-state index contributed by atoms with van der Waals surface area (Å²) >= 11 is 1.83. The monoisotopic (exact) mass is 210 g/mol. The normalized spacial score (nSPS) is 19.4. The van der Waals surface area contributed by atoms with E-state index in [0.29, 0.717) is 12.7 Å². The van der Waals surface area contributed by atoms with E-state index in [1.165, 1.54) is 5.56 Å². The van der Waals surface area contributed by atoms with E-state index in [2.05, 4.69) is 18.4 Å². The van der Waals surface area contributed by atoms with Crippen molar-refractivity contribution in [2.75, 3.05) is 19.5 Å². The Balaban J connectivity index is 1.84. The molecule has 0 amide bonds. The van der Waals surface area contributed by atoms with Crippen LogP contribution in [0.1, 0.15) is 5.56 Å². The first-order valence-corrected chi connectivity index (χ1v) is 6.10. The summed E-state index contributed by atoms with van der Waals surface area (Å²) in [5.74, 6) is 2.00. The third-order valence-electron chi connectivity index (χ3n) is 2.07. The number of epoxide rings is 1. The fourth-order valence-electron chi connectivity index (χ4n) is 1.20. The van der Waals surface area contributed by atoms with E-state index < -0.39 is 0 Å². The van der Waals surface area contributed by atoms with Gasteiger partial charge in [0.15, 0.2) is 0 Å². The minimum atomic E-state index is 0.334. The van der Waals surface area contributed by atoms with Crippen LogP contribution in [0.25, 0.3) is 0 Å². The van der Waals surface area contributed by atoms with Crippen LogP contribution in [0.15, 0.2) is 24.3 Å². The van der Waals surface area contributed by atoms with E-state index in [1.54, 1.807) is 0 Å². The second kappa shape index (κ2) is 4.71. The van der Waals surface area contributed by atoms with E-state index in [0.717, 1.165) is 18.1 Å². The van der Waals surface area contributed by atoms with Gasteiger partial charge in [-0.3, -0.25) is 0 Å². The first kappa shape index (κ1) is 9.87. The molecule has 1 fully saturated rings. The van der Waals surface area contributed by atoms with Crippen LogP contribution in [0.4, 0.5) is 0 Å². The molecule has 2 nitrogen and oxygen atoms in total. The Hall–Kier alpha value is -0.670. The average molecular weight is 210 g/mol. The molecule has 2 rings (SSSR count). The van der Waals surface area contributed by atoms with E-state index in [1.807, 2.05) is 23.9 Å². The lowest BCUT2D eigenvalue weighted by Gasteiger charge is -2.04. The fourth-order valence-corrected chi connectivity index (χ4v) is 1.73. The van der Waals surface area contributed by atoms with Crippen molar-refractivity contribution >= 4 is 11.8 Å². The Kier molecular flexibility index (Phi) is 3.32. The topological polar surface area (TPSA) is 21.8 Å². The van der Waals surface area contributed by atoms with Gasteiger partial charge >= 0.3 is 0 Å². The lowest BCUT2D eigenvalue weighted by Crippen LogP contribution is -2.03. The largest absolute Gasteiger partial charge is 0.491 e. The van der Waals surface area contributed by atoms with Gasteiger partial charge in [-0.05, 0) is 24.0 Å². The molecule has 0 aliphatic carbocycles. The zero-order valence-electron chi connectivity index (χ0n) is 8.23. The molecule has 1 atom stereocenters. The van der Waals surface area contributed by atoms with Crippen molar-refractivity contribution in [2.45, 2.75) is 11.9 Å². The number of ether oxygens (including phenoxy) is 2. The Morgan fingerprint density at radius 1 is 1.43 bits per heavy atom. The predicted molar refractivity (Wildman–Crippen MR) is 58.9 cm³/mol. The van der Waals surface area contributed by atoms with Crippen molar-refractivity contribution in [3.8, 4) is 5.75 Å². The number of benzene rings is 1. The summed E-state index contributed by atoms with van der Waals surface area (Å²) in [6.07, 6.45) is 2.44. The van der Waals surface area contributed by atoms with Gasteiger partial charge in [-0.15, -0.1) is 0 Å². The number of thioether (sulfide) groups is 1. The third kappa shape index (κ3) is 2.93. The van der Waals surface area contributed by atoms with Gasteiger partial charge in [0.05, 0.1) is 6.61 Å². The van der Waals surface area contributed by atoms with Crippen molar-refractivity contribution in [1.29, 1.82) is 0 Å². The number of hydrogen-bond donors (Lipinski definition) is 0. The second-order valence-corrected chi connectivity index (χ2v) is 4.21. The molecule has 3 heteroatoms. The summed E-state index contributed by atoms with van der Waals surface area (Å²) < 4.78 is 10.6. The molecule has 1 saturated heterocycles. The molecule has 1 aromatic carbocycles. The van der Waals surface area contributed by atoms with Gasteiger partial charge < -0.3 is 9.47 Å². The highest BCUT2D eigenvalue weighted by molar-refractivity contribution is 7.97. The fraction of sp³-hybridized carbons (Fsp3) is 0.455. The Morgan fingerprint density at radius 2 is 2.14 bits per heavy atom. The maximum atomic E-state index is 5.53. The van der Waals surface area contributed by atoms with Crippen LogP contribution in [-0.2, 0) is 10.5 Å². The summed E-state index contributed by atoms with van der Waals surface area (Å²) in [7, 11) is 0.